The molecule has 4 rings (SSSR count). The predicted molar refractivity (Wildman–Crippen MR) is 95.4 cm³/mol. The Balaban J connectivity index is 0.00000169. The van der Waals surface area contributed by atoms with E-state index in [2.05, 4.69) is 19.9 Å². The molecule has 24 heavy (non-hydrogen) atoms. The lowest BCUT2D eigenvalue weighted by Crippen LogP contribution is -2.24. The van der Waals surface area contributed by atoms with Crippen molar-refractivity contribution in [1.82, 2.24) is 24.8 Å². The number of nitrogens with one attached hydrogen (secondary N) is 1. The summed E-state index contributed by atoms with van der Waals surface area (Å²) in [6, 6.07) is 8.13. The number of ether oxygens (including phenoxy) is 1. The summed E-state index contributed by atoms with van der Waals surface area (Å²) in [6.07, 6.45) is 3.95. The van der Waals surface area contributed by atoms with E-state index >= 15 is 0 Å². The molecule has 6 nitrogen and oxygen atoms in total. The topological polar surface area (TPSA) is 64.9 Å². The normalized spacial score (nSPS) is 20.2. The maximum Gasteiger partial charge on any atom is 0.160 e. The van der Waals surface area contributed by atoms with E-state index in [1.807, 2.05) is 43.6 Å². The highest BCUT2D eigenvalue weighted by molar-refractivity contribution is 5.85. The van der Waals surface area contributed by atoms with Crippen molar-refractivity contribution in [2.45, 2.75) is 19.1 Å². The van der Waals surface area contributed by atoms with E-state index in [1.165, 1.54) is 0 Å². The number of aromatic nitrogens is 4. The van der Waals surface area contributed by atoms with Crippen LogP contribution in [0.3, 0.4) is 0 Å². The number of methoxy groups -OCH3 is 1. The predicted octanol–water partition coefficient (Wildman–Crippen LogP) is 2.38. The van der Waals surface area contributed by atoms with Gasteiger partial charge in [-0.25, -0.2) is 15.0 Å². The summed E-state index contributed by atoms with van der Waals surface area (Å²) in [5.41, 5.74) is 3.51. The molecule has 0 bridgehead atoms. The molecule has 1 aliphatic heterocycles. The lowest BCUT2D eigenvalue weighted by atomic mass is 10.2. The third-order valence-corrected chi connectivity index (χ3v) is 4.41. The van der Waals surface area contributed by atoms with Crippen molar-refractivity contribution in [3.05, 3.63) is 42.4 Å². The molecule has 7 heteroatoms. The molecule has 3 aromatic rings. The van der Waals surface area contributed by atoms with Gasteiger partial charge in [0, 0.05) is 32.6 Å². The lowest BCUT2D eigenvalue weighted by Gasteiger charge is -2.21. The Bertz CT molecular complexity index is 850. The Labute approximate surface area is 146 Å². The van der Waals surface area contributed by atoms with Crippen LogP contribution in [-0.4, -0.2) is 45.8 Å². The second-order valence-corrected chi connectivity index (χ2v) is 5.80. The fourth-order valence-corrected chi connectivity index (χ4v) is 3.22. The molecule has 0 radical (unpaired) electrons. The molecule has 1 fully saturated rings. The first kappa shape index (κ1) is 16.8. The molecule has 3 heterocycles. The van der Waals surface area contributed by atoms with E-state index in [4.69, 9.17) is 9.72 Å². The second-order valence-electron chi connectivity index (χ2n) is 5.80. The molecule has 2 atom stereocenters. The first-order valence-electron chi connectivity index (χ1n) is 7.78. The van der Waals surface area contributed by atoms with Gasteiger partial charge in [-0.05, 0) is 19.1 Å². The van der Waals surface area contributed by atoms with Crippen molar-refractivity contribution in [1.29, 1.82) is 0 Å². The van der Waals surface area contributed by atoms with Crippen LogP contribution in [0, 0.1) is 6.92 Å². The number of rotatable bonds is 3. The fraction of sp³-hybridized carbons (Fsp3) is 0.353. The number of benzene rings is 1. The van der Waals surface area contributed by atoms with Crippen molar-refractivity contribution in [2.24, 2.45) is 0 Å². The van der Waals surface area contributed by atoms with Crippen LogP contribution in [0.2, 0.25) is 0 Å². The number of halogens is 1. The van der Waals surface area contributed by atoms with Gasteiger partial charge < -0.3 is 14.6 Å². The summed E-state index contributed by atoms with van der Waals surface area (Å²) in [4.78, 5) is 14.0. The molecular weight excluding hydrogens is 326 g/mol. The number of hydrogen-bond donors (Lipinski definition) is 1. The van der Waals surface area contributed by atoms with Crippen LogP contribution in [0.15, 0.2) is 36.7 Å². The second kappa shape index (κ2) is 6.84. The van der Waals surface area contributed by atoms with E-state index in [0.29, 0.717) is 0 Å². The van der Waals surface area contributed by atoms with Gasteiger partial charge in [-0.3, -0.25) is 0 Å². The first-order valence-corrected chi connectivity index (χ1v) is 7.78. The number of imidazole rings is 1. The molecule has 0 aliphatic carbocycles. The third kappa shape index (κ3) is 2.77. The fourth-order valence-electron chi connectivity index (χ4n) is 3.22. The Morgan fingerprint density at radius 2 is 1.92 bits per heavy atom. The number of fused-ring (bicyclic) bond motifs is 1. The van der Waals surface area contributed by atoms with Gasteiger partial charge in [-0.1, -0.05) is 12.1 Å². The molecule has 1 aromatic carbocycles. The van der Waals surface area contributed by atoms with Gasteiger partial charge in [0.1, 0.15) is 5.69 Å². The Morgan fingerprint density at radius 3 is 2.67 bits per heavy atom. The van der Waals surface area contributed by atoms with Crippen molar-refractivity contribution in [2.75, 3.05) is 20.2 Å². The van der Waals surface area contributed by atoms with Gasteiger partial charge in [-0.2, -0.15) is 0 Å². The summed E-state index contributed by atoms with van der Waals surface area (Å²) in [5.74, 6) is 0.844. The van der Waals surface area contributed by atoms with Crippen molar-refractivity contribution in [3.8, 4) is 11.5 Å². The molecule has 0 spiro atoms. The van der Waals surface area contributed by atoms with Gasteiger partial charge in [0.05, 0.1) is 28.9 Å². The third-order valence-electron chi connectivity index (χ3n) is 4.41. The van der Waals surface area contributed by atoms with Crippen LogP contribution in [0.4, 0.5) is 0 Å². The Hall–Kier alpha value is -2.02. The molecule has 0 unspecified atom stereocenters. The highest BCUT2D eigenvalue weighted by Gasteiger charge is 2.30. The average molecular weight is 346 g/mol. The van der Waals surface area contributed by atoms with Crippen LogP contribution < -0.4 is 5.32 Å². The maximum absolute atomic E-state index is 5.59. The van der Waals surface area contributed by atoms with Gasteiger partial charge in [0.15, 0.2) is 5.82 Å². The Kier molecular flexibility index (Phi) is 4.80. The highest BCUT2D eigenvalue weighted by Crippen LogP contribution is 2.27. The van der Waals surface area contributed by atoms with E-state index < -0.39 is 0 Å². The van der Waals surface area contributed by atoms with Gasteiger partial charge in [-0.15, -0.1) is 12.4 Å². The minimum absolute atomic E-state index is 0. The van der Waals surface area contributed by atoms with Crippen LogP contribution in [0.25, 0.3) is 22.6 Å². The summed E-state index contributed by atoms with van der Waals surface area (Å²) in [7, 11) is 1.75. The zero-order chi connectivity index (χ0) is 15.8. The van der Waals surface area contributed by atoms with Crippen LogP contribution >= 0.6 is 12.4 Å². The summed E-state index contributed by atoms with van der Waals surface area (Å²) in [6.45, 7) is 3.69. The molecule has 0 saturated carbocycles. The quantitative estimate of drug-likeness (QED) is 0.789. The zero-order valence-electron chi connectivity index (χ0n) is 13.6. The first-order chi connectivity index (χ1) is 11.3. The summed E-state index contributed by atoms with van der Waals surface area (Å²) < 4.78 is 7.74. The molecule has 0 amide bonds. The minimum Gasteiger partial charge on any atom is -0.378 e. The van der Waals surface area contributed by atoms with E-state index in [1.54, 1.807) is 7.11 Å². The highest BCUT2D eigenvalue weighted by atomic mass is 35.5. The molecular formula is C17H20ClN5O. The van der Waals surface area contributed by atoms with Crippen LogP contribution in [0.1, 0.15) is 11.7 Å². The van der Waals surface area contributed by atoms with Crippen LogP contribution in [0.5, 0.6) is 0 Å². The van der Waals surface area contributed by atoms with E-state index in [0.717, 1.165) is 41.3 Å². The number of para-hydroxylation sites is 2. The monoisotopic (exact) mass is 345 g/mol. The molecule has 1 N–H and O–H groups in total. The number of nitrogens with zero attached hydrogens (tertiary/aromatic N) is 4. The van der Waals surface area contributed by atoms with Gasteiger partial charge in [0.25, 0.3) is 0 Å². The number of aryl methyl sites for hydroxylation is 1. The van der Waals surface area contributed by atoms with Crippen molar-refractivity contribution < 1.29 is 4.74 Å². The minimum atomic E-state index is 0. The maximum atomic E-state index is 5.59. The molecule has 126 valence electrons. The van der Waals surface area contributed by atoms with Crippen molar-refractivity contribution in [3.63, 3.8) is 0 Å². The van der Waals surface area contributed by atoms with E-state index in [9.17, 15) is 0 Å². The van der Waals surface area contributed by atoms with E-state index in [-0.39, 0.29) is 24.6 Å². The van der Waals surface area contributed by atoms with Gasteiger partial charge >= 0.3 is 0 Å². The smallest absolute Gasteiger partial charge is 0.160 e. The van der Waals surface area contributed by atoms with Gasteiger partial charge in [0.2, 0.25) is 0 Å². The zero-order valence-corrected chi connectivity index (χ0v) is 14.5. The lowest BCUT2D eigenvalue weighted by molar-refractivity contribution is 0.0870. The summed E-state index contributed by atoms with van der Waals surface area (Å²) >= 11 is 0. The standard InChI is InChI=1S/C17H19N5O.ClH/c1-11-16(21-13-6-4-3-5-12(13)20-11)17-19-7-8-22(17)14-9-18-10-15(14)23-2;/h3-8,14-15,18H,9-10H2,1-2H3;1H/t14-,15-;/m0./s1. The average Bonchev–Trinajstić information content (AvgIpc) is 3.22. The summed E-state index contributed by atoms with van der Waals surface area (Å²) in [5, 5.41) is 3.37. The number of hydrogen-bond acceptors (Lipinski definition) is 5. The molecule has 1 saturated heterocycles. The van der Waals surface area contributed by atoms with Crippen molar-refractivity contribution >= 4 is 23.4 Å². The van der Waals surface area contributed by atoms with Crippen LogP contribution in [-0.2, 0) is 4.74 Å². The molecule has 1 aliphatic rings. The largest absolute Gasteiger partial charge is 0.378 e. The SMILES string of the molecule is CO[C@H]1CNC[C@@H]1n1ccnc1-c1nc2ccccc2nc1C.Cl. The molecule has 2 aromatic heterocycles. The Morgan fingerprint density at radius 1 is 1.17 bits per heavy atom.